The highest BCUT2D eigenvalue weighted by Crippen LogP contribution is 2.31. The number of carbonyl (C=O) groups is 4. The first-order valence-corrected chi connectivity index (χ1v) is 12.7. The van der Waals surface area contributed by atoms with E-state index in [1.54, 1.807) is 97.1 Å². The number of halogens is 1. The van der Waals surface area contributed by atoms with E-state index in [2.05, 4.69) is 0 Å². The number of fused-ring (bicyclic) bond motifs is 2. The summed E-state index contributed by atoms with van der Waals surface area (Å²) < 4.78 is 5.38. The molecule has 1 aromatic heterocycles. The van der Waals surface area contributed by atoms with Crippen molar-refractivity contribution in [2.75, 3.05) is 11.5 Å². The molecule has 1 aliphatic rings. The number of pyridine rings is 1. The standard InChI is InChI=1S/C32H19ClN2O5/c33-21-13-9-20(10-14-21)29(36)18-40-32(39)26-17-28(34-27-8-4-3-5-23(26)27)19-11-15-22(16-12-19)35-30(37)24-6-1-2-7-25(24)31(35)38/h1-17H,18H2. The third-order valence-corrected chi connectivity index (χ3v) is 6.90. The van der Waals surface area contributed by atoms with Crippen molar-refractivity contribution >= 4 is 51.8 Å². The van der Waals surface area contributed by atoms with Gasteiger partial charge in [-0.05, 0) is 60.7 Å². The van der Waals surface area contributed by atoms with Gasteiger partial charge in [0.1, 0.15) is 0 Å². The summed E-state index contributed by atoms with van der Waals surface area (Å²) >= 11 is 5.88. The minimum atomic E-state index is -0.662. The number of esters is 1. The van der Waals surface area contributed by atoms with Crippen LogP contribution in [0.25, 0.3) is 22.2 Å². The molecule has 7 nitrogen and oxygen atoms in total. The van der Waals surface area contributed by atoms with Gasteiger partial charge in [-0.2, -0.15) is 0 Å². The molecule has 8 heteroatoms. The number of hydrogen-bond donors (Lipinski definition) is 0. The van der Waals surface area contributed by atoms with Crippen molar-refractivity contribution in [1.29, 1.82) is 0 Å². The third-order valence-electron chi connectivity index (χ3n) is 6.65. The quantitative estimate of drug-likeness (QED) is 0.139. The summed E-state index contributed by atoms with van der Waals surface area (Å²) in [5.41, 5.74) is 3.53. The van der Waals surface area contributed by atoms with Crippen molar-refractivity contribution in [2.45, 2.75) is 0 Å². The molecule has 5 aromatic rings. The summed E-state index contributed by atoms with van der Waals surface area (Å²) in [6.07, 6.45) is 0. The largest absolute Gasteiger partial charge is 0.454 e. The van der Waals surface area contributed by atoms with Gasteiger partial charge in [-0.25, -0.2) is 14.7 Å². The molecule has 6 rings (SSSR count). The number of rotatable bonds is 6. The topological polar surface area (TPSA) is 93.6 Å². The molecule has 0 N–H and O–H groups in total. The molecule has 0 fully saturated rings. The molecule has 0 unspecified atom stereocenters. The van der Waals surface area contributed by atoms with E-state index < -0.39 is 12.6 Å². The van der Waals surface area contributed by atoms with Crippen LogP contribution in [-0.4, -0.2) is 35.2 Å². The fraction of sp³-hybridized carbons (Fsp3) is 0.0312. The average Bonchev–Trinajstić information content (AvgIpc) is 3.25. The number of ether oxygens (including phenoxy) is 1. The molecular weight excluding hydrogens is 528 g/mol. The summed E-state index contributed by atoms with van der Waals surface area (Å²) in [6, 6.07) is 28.6. The molecule has 0 radical (unpaired) electrons. The van der Waals surface area contributed by atoms with Crippen LogP contribution < -0.4 is 4.90 Å². The lowest BCUT2D eigenvalue weighted by Crippen LogP contribution is -2.29. The second-order valence-electron chi connectivity index (χ2n) is 9.12. The van der Waals surface area contributed by atoms with E-state index in [0.29, 0.717) is 49.6 Å². The van der Waals surface area contributed by atoms with E-state index in [1.165, 1.54) is 0 Å². The minimum Gasteiger partial charge on any atom is -0.454 e. The Morgan fingerprint density at radius 2 is 1.40 bits per heavy atom. The molecule has 0 aliphatic carbocycles. The molecular formula is C32H19ClN2O5. The SMILES string of the molecule is O=C(COC(=O)c1cc(-c2ccc(N3C(=O)c4ccccc4C3=O)cc2)nc2ccccc12)c1ccc(Cl)cc1. The number of anilines is 1. The van der Waals surface area contributed by atoms with Gasteiger partial charge in [0.05, 0.1) is 33.6 Å². The Kier molecular flexibility index (Phi) is 6.42. The monoisotopic (exact) mass is 546 g/mol. The van der Waals surface area contributed by atoms with Crippen LogP contribution in [0.2, 0.25) is 5.02 Å². The van der Waals surface area contributed by atoms with Gasteiger partial charge in [0.15, 0.2) is 12.4 Å². The highest BCUT2D eigenvalue weighted by Gasteiger charge is 2.36. The first-order chi connectivity index (χ1) is 19.4. The van der Waals surface area contributed by atoms with Gasteiger partial charge in [0.25, 0.3) is 11.8 Å². The summed E-state index contributed by atoms with van der Waals surface area (Å²) in [7, 11) is 0. The van der Waals surface area contributed by atoms with Gasteiger partial charge in [-0.1, -0.05) is 54.1 Å². The molecule has 2 amide bonds. The number of Topliss-reactive ketones (excluding diaryl/α,β-unsaturated/α-hetero) is 1. The number of benzene rings is 4. The van der Waals surface area contributed by atoms with Crippen LogP contribution in [0.3, 0.4) is 0 Å². The summed E-state index contributed by atoms with van der Waals surface area (Å²) in [5.74, 6) is -1.78. The Balaban J connectivity index is 1.27. The number of aromatic nitrogens is 1. The third kappa shape index (κ3) is 4.52. The predicted molar refractivity (Wildman–Crippen MR) is 151 cm³/mol. The van der Waals surface area contributed by atoms with Crippen molar-refractivity contribution in [1.82, 2.24) is 4.98 Å². The molecule has 0 spiro atoms. The molecule has 2 heterocycles. The van der Waals surface area contributed by atoms with Crippen LogP contribution in [0.5, 0.6) is 0 Å². The van der Waals surface area contributed by atoms with Crippen molar-refractivity contribution in [2.24, 2.45) is 0 Å². The zero-order valence-corrected chi connectivity index (χ0v) is 21.6. The number of hydrogen-bond acceptors (Lipinski definition) is 6. The first kappa shape index (κ1) is 25.2. The Morgan fingerprint density at radius 3 is 2.08 bits per heavy atom. The zero-order valence-electron chi connectivity index (χ0n) is 20.8. The normalized spacial score (nSPS) is 12.5. The molecule has 194 valence electrons. The lowest BCUT2D eigenvalue weighted by Gasteiger charge is -2.15. The zero-order chi connectivity index (χ0) is 27.8. The molecule has 40 heavy (non-hydrogen) atoms. The van der Waals surface area contributed by atoms with E-state index in [0.717, 1.165) is 4.90 Å². The Morgan fingerprint density at radius 1 is 0.775 bits per heavy atom. The Bertz CT molecular complexity index is 1800. The summed E-state index contributed by atoms with van der Waals surface area (Å²) in [6.45, 7) is -0.429. The second kappa shape index (κ2) is 10.2. The van der Waals surface area contributed by atoms with Gasteiger partial charge < -0.3 is 4.74 Å². The fourth-order valence-electron chi connectivity index (χ4n) is 4.63. The molecule has 0 bridgehead atoms. The molecule has 1 aliphatic heterocycles. The van der Waals surface area contributed by atoms with E-state index in [9.17, 15) is 19.2 Å². The van der Waals surface area contributed by atoms with E-state index in [-0.39, 0.29) is 23.2 Å². The highest BCUT2D eigenvalue weighted by atomic mass is 35.5. The van der Waals surface area contributed by atoms with Crippen molar-refractivity contribution in [3.8, 4) is 11.3 Å². The number of ketones is 1. The number of amides is 2. The van der Waals surface area contributed by atoms with E-state index in [1.807, 2.05) is 6.07 Å². The first-order valence-electron chi connectivity index (χ1n) is 12.3. The van der Waals surface area contributed by atoms with Crippen LogP contribution in [-0.2, 0) is 4.74 Å². The molecule has 0 saturated heterocycles. The number of imide groups is 1. The summed E-state index contributed by atoms with van der Waals surface area (Å²) in [5, 5.41) is 1.08. The van der Waals surface area contributed by atoms with Crippen molar-refractivity contribution in [3.05, 3.63) is 130 Å². The second-order valence-corrected chi connectivity index (χ2v) is 9.55. The minimum absolute atomic E-state index is 0.258. The van der Waals surface area contributed by atoms with E-state index >= 15 is 0 Å². The molecule has 0 atom stereocenters. The van der Waals surface area contributed by atoms with Crippen LogP contribution in [0.15, 0.2) is 103 Å². The van der Waals surface area contributed by atoms with Gasteiger partial charge in [-0.15, -0.1) is 0 Å². The Labute approximate surface area is 233 Å². The van der Waals surface area contributed by atoms with Crippen molar-refractivity contribution in [3.63, 3.8) is 0 Å². The average molecular weight is 547 g/mol. The lowest BCUT2D eigenvalue weighted by atomic mass is 10.0. The maximum atomic E-state index is 13.1. The number of nitrogens with zero attached hydrogens (tertiary/aromatic N) is 2. The highest BCUT2D eigenvalue weighted by molar-refractivity contribution is 6.34. The maximum absolute atomic E-state index is 13.1. The van der Waals surface area contributed by atoms with Gasteiger partial charge >= 0.3 is 5.97 Å². The molecule has 4 aromatic carbocycles. The summed E-state index contributed by atoms with van der Waals surface area (Å²) in [4.78, 5) is 57.2. The smallest absolute Gasteiger partial charge is 0.339 e. The number of para-hydroxylation sites is 1. The molecule has 0 saturated carbocycles. The number of carbonyl (C=O) groups excluding carboxylic acids is 4. The van der Waals surface area contributed by atoms with Crippen LogP contribution in [0.1, 0.15) is 41.4 Å². The predicted octanol–water partition coefficient (Wildman–Crippen LogP) is 6.40. The fourth-order valence-corrected chi connectivity index (χ4v) is 4.75. The van der Waals surface area contributed by atoms with E-state index in [4.69, 9.17) is 21.3 Å². The van der Waals surface area contributed by atoms with Crippen LogP contribution >= 0.6 is 11.6 Å². The van der Waals surface area contributed by atoms with Crippen molar-refractivity contribution < 1.29 is 23.9 Å². The van der Waals surface area contributed by atoms with Gasteiger partial charge in [-0.3, -0.25) is 14.4 Å². The lowest BCUT2D eigenvalue weighted by molar-refractivity contribution is 0.0476. The van der Waals surface area contributed by atoms with Gasteiger partial charge in [0.2, 0.25) is 0 Å². The van der Waals surface area contributed by atoms with Crippen LogP contribution in [0.4, 0.5) is 5.69 Å². The Hall–Kier alpha value is -5.14. The maximum Gasteiger partial charge on any atom is 0.339 e. The van der Waals surface area contributed by atoms with Crippen LogP contribution in [0, 0.1) is 0 Å². The van der Waals surface area contributed by atoms with Gasteiger partial charge in [0, 0.05) is 21.5 Å².